The fraction of sp³-hybridized carbons (Fsp3) is 0.360. The van der Waals surface area contributed by atoms with Gasteiger partial charge in [-0.25, -0.2) is 0 Å². The first-order chi connectivity index (χ1) is 15.9. The lowest BCUT2D eigenvalue weighted by molar-refractivity contribution is 0.0842. The normalized spacial score (nSPS) is 22.7. The molecule has 0 radical (unpaired) electrons. The highest BCUT2D eigenvalue weighted by Crippen LogP contribution is 2.42. The predicted molar refractivity (Wildman–Crippen MR) is 133 cm³/mol. The molecule has 0 saturated carbocycles. The second-order valence-corrected chi connectivity index (χ2v) is 9.53. The van der Waals surface area contributed by atoms with Crippen LogP contribution in [0.25, 0.3) is 5.69 Å². The predicted octanol–water partition coefficient (Wildman–Crippen LogP) is 5.00. The van der Waals surface area contributed by atoms with Gasteiger partial charge in [-0.1, -0.05) is 17.7 Å². The number of nitrogens with zero attached hydrogens (tertiary/aromatic N) is 3. The molecule has 0 amide bonds. The van der Waals surface area contributed by atoms with E-state index in [0.29, 0.717) is 15.8 Å². The van der Waals surface area contributed by atoms with Gasteiger partial charge < -0.3 is 24.6 Å². The van der Waals surface area contributed by atoms with Crippen LogP contribution in [0.1, 0.15) is 47.6 Å². The van der Waals surface area contributed by atoms with Crippen molar-refractivity contribution in [3.8, 4) is 11.4 Å². The molecule has 2 aliphatic rings. The lowest BCUT2D eigenvalue weighted by Crippen LogP contribution is -2.36. The number of phenolic OH excluding ortho intramolecular Hbond substituents is 1. The maximum absolute atomic E-state index is 10.6. The summed E-state index contributed by atoms with van der Waals surface area (Å²) in [7, 11) is 0. The molecule has 172 valence electrons. The van der Waals surface area contributed by atoms with E-state index in [2.05, 4.69) is 32.8 Å². The SMILES string of the molecule is Cc1cc([C@H]2[C@@H](c3ccccn3)NC(=S)N2C[C@@H]2CCCO2)c(C)n1-c1cc(Cl)ccc1O. The first-order valence-corrected chi connectivity index (χ1v) is 12.0. The summed E-state index contributed by atoms with van der Waals surface area (Å²) in [5.41, 5.74) is 4.77. The van der Waals surface area contributed by atoms with Gasteiger partial charge in [0.05, 0.1) is 29.6 Å². The molecule has 3 atom stereocenters. The maximum atomic E-state index is 10.6. The first kappa shape index (κ1) is 22.2. The number of nitrogens with one attached hydrogen (secondary N) is 1. The van der Waals surface area contributed by atoms with Gasteiger partial charge in [0.15, 0.2) is 5.11 Å². The molecule has 0 spiro atoms. The number of hydrogen-bond acceptors (Lipinski definition) is 4. The molecule has 0 aliphatic carbocycles. The van der Waals surface area contributed by atoms with Crippen molar-refractivity contribution in [3.05, 3.63) is 76.3 Å². The summed E-state index contributed by atoms with van der Waals surface area (Å²) in [5.74, 6) is 0.185. The number of rotatable bonds is 5. The van der Waals surface area contributed by atoms with Crippen molar-refractivity contribution < 1.29 is 9.84 Å². The Morgan fingerprint density at radius 1 is 1.24 bits per heavy atom. The van der Waals surface area contributed by atoms with E-state index in [9.17, 15) is 5.11 Å². The van der Waals surface area contributed by atoms with Gasteiger partial charge >= 0.3 is 0 Å². The van der Waals surface area contributed by atoms with Crippen molar-refractivity contribution in [3.63, 3.8) is 0 Å². The summed E-state index contributed by atoms with van der Waals surface area (Å²) in [5, 5.41) is 15.4. The van der Waals surface area contributed by atoms with Crippen LogP contribution in [0.2, 0.25) is 5.02 Å². The highest BCUT2D eigenvalue weighted by atomic mass is 35.5. The smallest absolute Gasteiger partial charge is 0.170 e. The molecular weight excluding hydrogens is 456 g/mol. The zero-order valence-electron chi connectivity index (χ0n) is 18.7. The van der Waals surface area contributed by atoms with Crippen molar-refractivity contribution in [2.75, 3.05) is 13.2 Å². The van der Waals surface area contributed by atoms with Crippen LogP contribution in [0.15, 0.2) is 48.7 Å². The third-order valence-corrected chi connectivity index (χ3v) is 7.18. The van der Waals surface area contributed by atoms with Gasteiger partial charge in [-0.05, 0) is 80.9 Å². The van der Waals surface area contributed by atoms with Gasteiger partial charge in [0.1, 0.15) is 5.75 Å². The van der Waals surface area contributed by atoms with Crippen LogP contribution in [0.4, 0.5) is 0 Å². The molecule has 1 aromatic carbocycles. The lowest BCUT2D eigenvalue weighted by atomic mass is 9.96. The van der Waals surface area contributed by atoms with Crippen molar-refractivity contribution in [2.45, 2.75) is 44.9 Å². The molecule has 4 heterocycles. The topological polar surface area (TPSA) is 62.5 Å². The standard InChI is InChI=1S/C25H27ClN4O2S/c1-15-12-19(16(2)30(15)21-13-17(26)8-9-22(21)31)24-23(20-7-3-4-10-27-20)28-25(33)29(24)14-18-6-5-11-32-18/h3-4,7-10,12-13,18,23-24,31H,5-6,11,14H2,1-2H3,(H,28,33)/t18-,23+,24-/m0/s1. The number of ether oxygens (including phenoxy) is 1. The summed E-state index contributed by atoms with van der Waals surface area (Å²) in [6.45, 7) is 5.64. The number of pyridine rings is 1. The minimum absolute atomic E-state index is 0.0575. The number of phenols is 1. The van der Waals surface area contributed by atoms with Crippen LogP contribution < -0.4 is 5.32 Å². The third kappa shape index (κ3) is 4.09. The molecular formula is C25H27ClN4O2S. The Kier molecular flexibility index (Phi) is 6.03. The molecule has 3 aromatic rings. The molecule has 2 N–H and O–H groups in total. The van der Waals surface area contributed by atoms with Gasteiger partial charge in [0.25, 0.3) is 0 Å². The average Bonchev–Trinajstić information content (AvgIpc) is 3.50. The quantitative estimate of drug-likeness (QED) is 0.499. The summed E-state index contributed by atoms with van der Waals surface area (Å²) >= 11 is 12.1. The van der Waals surface area contributed by atoms with Gasteiger partial charge in [0, 0.05) is 35.8 Å². The number of thiocarbonyl (C=S) groups is 1. The van der Waals surface area contributed by atoms with Crippen LogP contribution in [-0.4, -0.2) is 43.9 Å². The van der Waals surface area contributed by atoms with Gasteiger partial charge in [-0.3, -0.25) is 4.98 Å². The highest BCUT2D eigenvalue weighted by Gasteiger charge is 2.42. The summed E-state index contributed by atoms with van der Waals surface area (Å²) in [6.07, 6.45) is 4.09. The molecule has 2 saturated heterocycles. The van der Waals surface area contributed by atoms with E-state index < -0.39 is 0 Å². The fourth-order valence-corrected chi connectivity index (χ4v) is 5.56. The number of hydrogen-bond donors (Lipinski definition) is 2. The van der Waals surface area contributed by atoms with Crippen molar-refractivity contribution >= 4 is 28.9 Å². The number of aromatic nitrogens is 2. The number of aromatic hydroxyl groups is 1. The van der Waals surface area contributed by atoms with E-state index in [4.69, 9.17) is 28.6 Å². The molecule has 6 nitrogen and oxygen atoms in total. The Morgan fingerprint density at radius 3 is 2.82 bits per heavy atom. The first-order valence-electron chi connectivity index (χ1n) is 11.2. The fourth-order valence-electron chi connectivity index (χ4n) is 5.08. The number of halogens is 1. The van der Waals surface area contributed by atoms with Crippen LogP contribution in [0, 0.1) is 13.8 Å². The molecule has 2 aromatic heterocycles. The summed E-state index contributed by atoms with van der Waals surface area (Å²) in [4.78, 5) is 6.88. The zero-order chi connectivity index (χ0) is 23.1. The molecule has 2 fully saturated rings. The van der Waals surface area contributed by atoms with E-state index in [-0.39, 0.29) is 23.9 Å². The Hall–Kier alpha value is -2.61. The molecule has 0 unspecified atom stereocenters. The average molecular weight is 483 g/mol. The van der Waals surface area contributed by atoms with Gasteiger partial charge in [0.2, 0.25) is 0 Å². The minimum atomic E-state index is -0.0954. The van der Waals surface area contributed by atoms with E-state index in [1.807, 2.05) is 31.3 Å². The van der Waals surface area contributed by atoms with Crippen molar-refractivity contribution in [2.24, 2.45) is 0 Å². The molecule has 33 heavy (non-hydrogen) atoms. The highest BCUT2D eigenvalue weighted by molar-refractivity contribution is 7.80. The molecule has 5 rings (SSSR count). The molecule has 2 aliphatic heterocycles. The Balaban J connectivity index is 1.61. The maximum Gasteiger partial charge on any atom is 0.170 e. The van der Waals surface area contributed by atoms with Crippen LogP contribution in [-0.2, 0) is 4.74 Å². The number of benzene rings is 1. The zero-order valence-corrected chi connectivity index (χ0v) is 20.2. The number of aryl methyl sites for hydroxylation is 1. The molecule has 0 bridgehead atoms. The lowest BCUT2D eigenvalue weighted by Gasteiger charge is -2.30. The van der Waals surface area contributed by atoms with Gasteiger partial charge in [-0.15, -0.1) is 0 Å². The van der Waals surface area contributed by atoms with E-state index in [1.165, 1.54) is 0 Å². The van der Waals surface area contributed by atoms with Crippen LogP contribution in [0.5, 0.6) is 5.75 Å². The largest absolute Gasteiger partial charge is 0.506 e. The van der Waals surface area contributed by atoms with E-state index in [1.54, 1.807) is 18.2 Å². The molecule has 8 heteroatoms. The minimum Gasteiger partial charge on any atom is -0.506 e. The Bertz CT molecular complexity index is 1180. The van der Waals surface area contributed by atoms with E-state index >= 15 is 0 Å². The summed E-state index contributed by atoms with van der Waals surface area (Å²) in [6, 6.07) is 13.1. The Labute approximate surface area is 204 Å². The van der Waals surface area contributed by atoms with E-state index in [0.717, 1.165) is 48.6 Å². The monoisotopic (exact) mass is 482 g/mol. The van der Waals surface area contributed by atoms with Gasteiger partial charge in [-0.2, -0.15) is 0 Å². The third-order valence-electron chi connectivity index (χ3n) is 6.59. The van der Waals surface area contributed by atoms with Crippen molar-refractivity contribution in [1.82, 2.24) is 19.8 Å². The van der Waals surface area contributed by atoms with Crippen molar-refractivity contribution in [1.29, 1.82) is 0 Å². The van der Waals surface area contributed by atoms with Crippen LogP contribution >= 0.6 is 23.8 Å². The second-order valence-electron chi connectivity index (χ2n) is 8.71. The second kappa shape index (κ2) is 8.97. The Morgan fingerprint density at radius 2 is 2.09 bits per heavy atom. The van der Waals surface area contributed by atoms with Crippen LogP contribution in [0.3, 0.4) is 0 Å². The summed E-state index contributed by atoms with van der Waals surface area (Å²) < 4.78 is 8.00.